The highest BCUT2D eigenvalue weighted by Crippen LogP contribution is 2.11. The summed E-state index contributed by atoms with van der Waals surface area (Å²) in [4.78, 5) is 11.8. The summed E-state index contributed by atoms with van der Waals surface area (Å²) in [5, 5.41) is -0.973. The molecule has 1 aromatic carbocycles. The van der Waals surface area contributed by atoms with E-state index in [0.717, 1.165) is 11.8 Å². The Hall–Kier alpha value is -1.16. The second-order valence-electron chi connectivity index (χ2n) is 3.71. The molecule has 0 saturated carbocycles. The van der Waals surface area contributed by atoms with E-state index in [1.165, 1.54) is 6.92 Å². The predicted molar refractivity (Wildman–Crippen MR) is 59.8 cm³/mol. The predicted octanol–water partition coefficient (Wildman–Crippen LogP) is 1.61. The number of rotatable bonds is 3. The number of ketones is 1. The van der Waals surface area contributed by atoms with Gasteiger partial charge < -0.3 is 0 Å². The van der Waals surface area contributed by atoms with Crippen molar-refractivity contribution in [3.05, 3.63) is 35.4 Å². The van der Waals surface area contributed by atoms with Gasteiger partial charge in [0.2, 0.25) is 0 Å². The van der Waals surface area contributed by atoms with Crippen LogP contribution in [0.25, 0.3) is 0 Å². The number of Topliss-reactive ketones (excluding diaryl/α,β-unsaturated/α-hetero) is 1. The summed E-state index contributed by atoms with van der Waals surface area (Å²) in [7, 11) is -3.31. The molecule has 0 aliphatic carbocycles. The highest BCUT2D eigenvalue weighted by atomic mass is 32.2. The van der Waals surface area contributed by atoms with Crippen molar-refractivity contribution in [1.82, 2.24) is 0 Å². The number of aryl methyl sites for hydroxylation is 1. The number of hydrogen-bond donors (Lipinski definition) is 0. The molecule has 0 amide bonds. The maximum absolute atomic E-state index is 11.8. The first kappa shape index (κ1) is 11.9. The molecular weight excluding hydrogens is 212 g/mol. The molecule has 0 aromatic heterocycles. The van der Waals surface area contributed by atoms with Crippen LogP contribution in [0.3, 0.4) is 0 Å². The van der Waals surface area contributed by atoms with Crippen molar-refractivity contribution in [3.8, 4) is 0 Å². The van der Waals surface area contributed by atoms with Crippen molar-refractivity contribution in [2.45, 2.75) is 19.1 Å². The summed E-state index contributed by atoms with van der Waals surface area (Å²) >= 11 is 0. The number of carbonyl (C=O) groups is 1. The average Bonchev–Trinajstić information content (AvgIpc) is 2.14. The van der Waals surface area contributed by atoms with E-state index in [4.69, 9.17) is 0 Å². The van der Waals surface area contributed by atoms with Crippen LogP contribution in [0.5, 0.6) is 0 Å². The first-order valence-electron chi connectivity index (χ1n) is 4.62. The van der Waals surface area contributed by atoms with Crippen LogP contribution < -0.4 is 0 Å². The number of sulfone groups is 1. The van der Waals surface area contributed by atoms with Gasteiger partial charge in [-0.05, 0) is 19.9 Å². The summed E-state index contributed by atoms with van der Waals surface area (Å²) in [5.74, 6) is -0.346. The zero-order chi connectivity index (χ0) is 11.6. The standard InChI is InChI=1S/C11H14O3S/c1-8-5-4-6-10(7-8)11(12)9(2)15(3,13)14/h4-7,9H,1-3H3. The normalized spacial score (nSPS) is 13.5. The van der Waals surface area contributed by atoms with E-state index in [-0.39, 0.29) is 5.78 Å². The Labute approximate surface area is 90.0 Å². The Balaban J connectivity index is 3.06. The first-order chi connectivity index (χ1) is 6.82. The molecule has 0 heterocycles. The van der Waals surface area contributed by atoms with Crippen LogP contribution in [0.15, 0.2) is 24.3 Å². The van der Waals surface area contributed by atoms with Gasteiger partial charge in [0.15, 0.2) is 15.6 Å². The zero-order valence-corrected chi connectivity index (χ0v) is 9.84. The molecule has 1 atom stereocenters. The molecule has 15 heavy (non-hydrogen) atoms. The smallest absolute Gasteiger partial charge is 0.180 e. The summed E-state index contributed by atoms with van der Waals surface area (Å²) in [6, 6.07) is 6.94. The molecule has 0 spiro atoms. The number of benzene rings is 1. The lowest BCUT2D eigenvalue weighted by atomic mass is 10.1. The lowest BCUT2D eigenvalue weighted by molar-refractivity contribution is 0.0991. The molecule has 0 saturated heterocycles. The molecule has 1 aromatic rings. The fourth-order valence-electron chi connectivity index (χ4n) is 1.23. The third-order valence-corrected chi connectivity index (χ3v) is 3.81. The molecule has 0 fully saturated rings. The van der Waals surface area contributed by atoms with E-state index in [0.29, 0.717) is 5.56 Å². The molecule has 0 radical (unpaired) electrons. The Morgan fingerprint density at radius 3 is 2.40 bits per heavy atom. The van der Waals surface area contributed by atoms with Crippen molar-refractivity contribution >= 4 is 15.6 Å². The Bertz CT molecular complexity index is 474. The highest BCUT2D eigenvalue weighted by molar-refractivity contribution is 7.92. The molecule has 0 aliphatic rings. The molecule has 1 rings (SSSR count). The Morgan fingerprint density at radius 1 is 1.33 bits per heavy atom. The molecule has 4 heteroatoms. The van der Waals surface area contributed by atoms with Crippen molar-refractivity contribution in [2.75, 3.05) is 6.26 Å². The second-order valence-corrected chi connectivity index (χ2v) is 6.07. The molecule has 1 unspecified atom stereocenters. The lowest BCUT2D eigenvalue weighted by Gasteiger charge is -2.08. The summed E-state index contributed by atoms with van der Waals surface area (Å²) < 4.78 is 22.4. The lowest BCUT2D eigenvalue weighted by Crippen LogP contribution is -2.26. The second kappa shape index (κ2) is 4.14. The van der Waals surface area contributed by atoms with Gasteiger partial charge in [-0.25, -0.2) is 8.42 Å². The van der Waals surface area contributed by atoms with E-state index in [1.54, 1.807) is 18.2 Å². The molecule has 0 N–H and O–H groups in total. The minimum atomic E-state index is -3.31. The van der Waals surface area contributed by atoms with Gasteiger partial charge in [0, 0.05) is 11.8 Å². The van der Waals surface area contributed by atoms with Gasteiger partial charge in [-0.2, -0.15) is 0 Å². The van der Waals surface area contributed by atoms with Crippen LogP contribution in [0.2, 0.25) is 0 Å². The third-order valence-electron chi connectivity index (χ3n) is 2.31. The van der Waals surface area contributed by atoms with Crippen molar-refractivity contribution in [1.29, 1.82) is 0 Å². The van der Waals surface area contributed by atoms with Gasteiger partial charge in [0.1, 0.15) is 5.25 Å². The molecule has 0 bridgehead atoms. The maximum Gasteiger partial charge on any atom is 0.180 e. The Kier molecular flexibility index (Phi) is 3.29. The quantitative estimate of drug-likeness (QED) is 0.736. The number of carbonyl (C=O) groups excluding carboxylic acids is 1. The van der Waals surface area contributed by atoms with Crippen LogP contribution in [0.1, 0.15) is 22.8 Å². The molecule has 0 aliphatic heterocycles. The van der Waals surface area contributed by atoms with Crippen LogP contribution in [0, 0.1) is 6.92 Å². The van der Waals surface area contributed by atoms with E-state index in [1.807, 2.05) is 13.0 Å². The SMILES string of the molecule is Cc1cccc(C(=O)C(C)S(C)(=O)=O)c1. The van der Waals surface area contributed by atoms with Gasteiger partial charge in [-0.15, -0.1) is 0 Å². The molecule has 3 nitrogen and oxygen atoms in total. The van der Waals surface area contributed by atoms with Gasteiger partial charge in [0.05, 0.1) is 0 Å². The van der Waals surface area contributed by atoms with Gasteiger partial charge in [0.25, 0.3) is 0 Å². The van der Waals surface area contributed by atoms with Crippen molar-refractivity contribution < 1.29 is 13.2 Å². The molecule has 82 valence electrons. The number of hydrogen-bond acceptors (Lipinski definition) is 3. The Morgan fingerprint density at radius 2 is 1.93 bits per heavy atom. The first-order valence-corrected chi connectivity index (χ1v) is 6.57. The summed E-state index contributed by atoms with van der Waals surface area (Å²) in [5.41, 5.74) is 1.40. The highest BCUT2D eigenvalue weighted by Gasteiger charge is 2.24. The van der Waals surface area contributed by atoms with E-state index >= 15 is 0 Å². The summed E-state index contributed by atoms with van der Waals surface area (Å²) in [6.07, 6.45) is 1.07. The fraction of sp³-hybridized carbons (Fsp3) is 0.364. The van der Waals surface area contributed by atoms with Crippen LogP contribution >= 0.6 is 0 Å². The van der Waals surface area contributed by atoms with Crippen LogP contribution in [-0.4, -0.2) is 25.7 Å². The largest absolute Gasteiger partial charge is 0.293 e. The van der Waals surface area contributed by atoms with Crippen molar-refractivity contribution in [2.24, 2.45) is 0 Å². The minimum absolute atomic E-state index is 0.346. The van der Waals surface area contributed by atoms with Crippen LogP contribution in [-0.2, 0) is 9.84 Å². The van der Waals surface area contributed by atoms with Crippen molar-refractivity contribution in [3.63, 3.8) is 0 Å². The maximum atomic E-state index is 11.8. The average molecular weight is 226 g/mol. The minimum Gasteiger partial charge on any atom is -0.293 e. The van der Waals surface area contributed by atoms with E-state index < -0.39 is 15.1 Å². The third kappa shape index (κ3) is 2.89. The monoisotopic (exact) mass is 226 g/mol. The topological polar surface area (TPSA) is 51.2 Å². The van der Waals surface area contributed by atoms with E-state index in [2.05, 4.69) is 0 Å². The van der Waals surface area contributed by atoms with Gasteiger partial charge in [-0.1, -0.05) is 23.8 Å². The zero-order valence-electron chi connectivity index (χ0n) is 9.02. The summed E-state index contributed by atoms with van der Waals surface area (Å²) in [6.45, 7) is 3.28. The molecular formula is C11H14O3S. The van der Waals surface area contributed by atoms with Crippen LogP contribution in [0.4, 0.5) is 0 Å². The fourth-order valence-corrected chi connectivity index (χ4v) is 1.75. The van der Waals surface area contributed by atoms with Gasteiger partial charge in [-0.3, -0.25) is 4.79 Å². The van der Waals surface area contributed by atoms with Gasteiger partial charge >= 0.3 is 0 Å². The van der Waals surface area contributed by atoms with E-state index in [9.17, 15) is 13.2 Å².